The number of carbonyl (C=O) groups is 2. The van der Waals surface area contributed by atoms with E-state index < -0.39 is 17.8 Å². The molecule has 0 saturated heterocycles. The molecular formula is C11H19NO4. The van der Waals surface area contributed by atoms with Crippen LogP contribution in [0.4, 0.5) is 0 Å². The molecule has 0 aliphatic heterocycles. The number of amides is 1. The van der Waals surface area contributed by atoms with E-state index in [-0.39, 0.29) is 18.6 Å². The molecule has 3 N–H and O–H groups in total. The van der Waals surface area contributed by atoms with Crippen molar-refractivity contribution in [3.05, 3.63) is 0 Å². The van der Waals surface area contributed by atoms with Crippen molar-refractivity contribution in [2.45, 2.75) is 38.6 Å². The average Bonchev–Trinajstić information content (AvgIpc) is 2.28. The smallest absolute Gasteiger partial charge is 0.307 e. The number of carboxylic acids is 1. The number of aliphatic carboxylic acids is 1. The molecule has 1 amide bonds. The van der Waals surface area contributed by atoms with Gasteiger partial charge in [-0.15, -0.1) is 0 Å². The number of carboxylic acid groups (broad SMARTS) is 1. The quantitative estimate of drug-likeness (QED) is 0.650. The van der Waals surface area contributed by atoms with E-state index in [1.54, 1.807) is 6.92 Å². The fourth-order valence-corrected chi connectivity index (χ4v) is 2.14. The first-order valence-corrected chi connectivity index (χ1v) is 5.70. The number of nitrogens with one attached hydrogen (secondary N) is 1. The summed E-state index contributed by atoms with van der Waals surface area (Å²) in [6, 6.07) is -0.316. The summed E-state index contributed by atoms with van der Waals surface area (Å²) >= 11 is 0. The monoisotopic (exact) mass is 229 g/mol. The first kappa shape index (κ1) is 13.0. The third-order valence-corrected chi connectivity index (χ3v) is 3.08. The SMILES string of the molecule is C[C@H](CO)NC(=O)[C@@H]1CCCC[C@@H]1C(=O)O. The topological polar surface area (TPSA) is 86.6 Å². The molecule has 0 heterocycles. The summed E-state index contributed by atoms with van der Waals surface area (Å²) in [5.74, 6) is -2.15. The second-order valence-electron chi connectivity index (χ2n) is 4.43. The molecule has 5 heteroatoms. The first-order chi connectivity index (χ1) is 7.56. The fraction of sp³-hybridized carbons (Fsp3) is 0.818. The predicted molar refractivity (Wildman–Crippen MR) is 57.8 cm³/mol. The van der Waals surface area contributed by atoms with E-state index >= 15 is 0 Å². The lowest BCUT2D eigenvalue weighted by Crippen LogP contribution is -2.44. The molecular weight excluding hydrogens is 210 g/mol. The van der Waals surface area contributed by atoms with Crippen LogP contribution in [0.2, 0.25) is 0 Å². The standard InChI is InChI=1S/C11H19NO4/c1-7(6-13)12-10(14)8-4-2-3-5-9(8)11(15)16/h7-9,13H,2-6H2,1H3,(H,12,14)(H,15,16)/t7-,8-,9+/m1/s1. The Morgan fingerprint density at radius 3 is 2.38 bits per heavy atom. The molecule has 1 aliphatic rings. The van der Waals surface area contributed by atoms with Gasteiger partial charge in [-0.1, -0.05) is 12.8 Å². The minimum absolute atomic E-state index is 0.129. The molecule has 3 atom stereocenters. The molecule has 0 unspecified atom stereocenters. The molecule has 0 radical (unpaired) electrons. The maximum atomic E-state index is 11.8. The van der Waals surface area contributed by atoms with Crippen LogP contribution >= 0.6 is 0 Å². The van der Waals surface area contributed by atoms with Gasteiger partial charge in [0, 0.05) is 6.04 Å². The molecule has 1 saturated carbocycles. The van der Waals surface area contributed by atoms with Crippen molar-refractivity contribution in [3.8, 4) is 0 Å². The van der Waals surface area contributed by atoms with Gasteiger partial charge in [0.2, 0.25) is 5.91 Å². The Morgan fingerprint density at radius 2 is 1.88 bits per heavy atom. The van der Waals surface area contributed by atoms with Crippen LogP contribution in [0.15, 0.2) is 0 Å². The maximum Gasteiger partial charge on any atom is 0.307 e. The maximum absolute atomic E-state index is 11.8. The van der Waals surface area contributed by atoms with Crippen molar-refractivity contribution in [2.24, 2.45) is 11.8 Å². The van der Waals surface area contributed by atoms with E-state index in [0.29, 0.717) is 12.8 Å². The lowest BCUT2D eigenvalue weighted by molar-refractivity contribution is -0.149. The highest BCUT2D eigenvalue weighted by atomic mass is 16.4. The normalized spacial score (nSPS) is 27.1. The molecule has 16 heavy (non-hydrogen) atoms. The number of carbonyl (C=O) groups excluding carboxylic acids is 1. The lowest BCUT2D eigenvalue weighted by atomic mass is 9.78. The minimum Gasteiger partial charge on any atom is -0.481 e. The van der Waals surface area contributed by atoms with Gasteiger partial charge < -0.3 is 15.5 Å². The van der Waals surface area contributed by atoms with Gasteiger partial charge in [0.1, 0.15) is 0 Å². The minimum atomic E-state index is -0.892. The van der Waals surface area contributed by atoms with Crippen LogP contribution in [0.1, 0.15) is 32.6 Å². The zero-order chi connectivity index (χ0) is 12.1. The van der Waals surface area contributed by atoms with Gasteiger partial charge in [0.05, 0.1) is 18.4 Å². The number of rotatable bonds is 4. The fourth-order valence-electron chi connectivity index (χ4n) is 2.14. The molecule has 0 bridgehead atoms. The largest absolute Gasteiger partial charge is 0.481 e. The molecule has 0 spiro atoms. The van der Waals surface area contributed by atoms with E-state index in [2.05, 4.69) is 5.32 Å². The zero-order valence-corrected chi connectivity index (χ0v) is 9.48. The first-order valence-electron chi connectivity index (χ1n) is 5.70. The van der Waals surface area contributed by atoms with Gasteiger partial charge in [-0.25, -0.2) is 0 Å². The summed E-state index contributed by atoms with van der Waals surface area (Å²) in [7, 11) is 0. The third kappa shape index (κ3) is 3.20. The van der Waals surface area contributed by atoms with Gasteiger partial charge >= 0.3 is 5.97 Å². The molecule has 0 aromatic carbocycles. The van der Waals surface area contributed by atoms with Crippen molar-refractivity contribution >= 4 is 11.9 Å². The van der Waals surface area contributed by atoms with Crippen LogP contribution in [0, 0.1) is 11.8 Å². The second kappa shape index (κ2) is 5.84. The summed E-state index contributed by atoms with van der Waals surface area (Å²) in [5, 5.41) is 20.5. The van der Waals surface area contributed by atoms with E-state index in [0.717, 1.165) is 12.8 Å². The van der Waals surface area contributed by atoms with Crippen molar-refractivity contribution in [1.29, 1.82) is 0 Å². The van der Waals surface area contributed by atoms with Gasteiger partial charge in [-0.3, -0.25) is 9.59 Å². The van der Waals surface area contributed by atoms with Gasteiger partial charge in [0.15, 0.2) is 0 Å². The Morgan fingerprint density at radius 1 is 1.31 bits per heavy atom. The van der Waals surface area contributed by atoms with Crippen LogP contribution in [0.3, 0.4) is 0 Å². The molecule has 5 nitrogen and oxygen atoms in total. The van der Waals surface area contributed by atoms with E-state index in [9.17, 15) is 9.59 Å². The highest BCUT2D eigenvalue weighted by Gasteiger charge is 2.35. The molecule has 92 valence electrons. The number of hydrogen-bond acceptors (Lipinski definition) is 3. The highest BCUT2D eigenvalue weighted by Crippen LogP contribution is 2.30. The summed E-state index contributed by atoms with van der Waals surface area (Å²) in [6.07, 6.45) is 2.97. The Labute approximate surface area is 94.8 Å². The Bertz CT molecular complexity index is 267. The van der Waals surface area contributed by atoms with Crippen molar-refractivity contribution in [2.75, 3.05) is 6.61 Å². The number of aliphatic hydroxyl groups is 1. The van der Waals surface area contributed by atoms with E-state index in [1.807, 2.05) is 0 Å². The zero-order valence-electron chi connectivity index (χ0n) is 9.48. The lowest BCUT2D eigenvalue weighted by Gasteiger charge is -2.28. The van der Waals surface area contributed by atoms with Gasteiger partial charge in [-0.05, 0) is 19.8 Å². The van der Waals surface area contributed by atoms with E-state index in [1.165, 1.54) is 0 Å². The summed E-state index contributed by atoms with van der Waals surface area (Å²) in [6.45, 7) is 1.56. The van der Waals surface area contributed by atoms with Crippen molar-refractivity contribution < 1.29 is 19.8 Å². The number of hydrogen-bond donors (Lipinski definition) is 3. The van der Waals surface area contributed by atoms with Gasteiger partial charge in [0.25, 0.3) is 0 Å². The summed E-state index contributed by atoms with van der Waals surface area (Å²) < 4.78 is 0. The second-order valence-corrected chi connectivity index (χ2v) is 4.43. The van der Waals surface area contributed by atoms with E-state index in [4.69, 9.17) is 10.2 Å². The number of aliphatic hydroxyl groups excluding tert-OH is 1. The molecule has 1 aliphatic carbocycles. The summed E-state index contributed by atoms with van der Waals surface area (Å²) in [5.41, 5.74) is 0. The van der Waals surface area contributed by atoms with Crippen LogP contribution < -0.4 is 5.32 Å². The molecule has 1 rings (SSSR count). The predicted octanol–water partition coefficient (Wildman–Crippen LogP) is 0.374. The molecule has 0 aromatic heterocycles. The average molecular weight is 229 g/mol. The third-order valence-electron chi connectivity index (χ3n) is 3.08. The van der Waals surface area contributed by atoms with Crippen LogP contribution in [-0.4, -0.2) is 34.7 Å². The van der Waals surface area contributed by atoms with Crippen molar-refractivity contribution in [1.82, 2.24) is 5.32 Å². The van der Waals surface area contributed by atoms with Crippen LogP contribution in [0.5, 0.6) is 0 Å². The highest BCUT2D eigenvalue weighted by molar-refractivity contribution is 5.85. The molecule has 1 fully saturated rings. The molecule has 0 aromatic rings. The van der Waals surface area contributed by atoms with Crippen LogP contribution in [0.25, 0.3) is 0 Å². The Kier molecular flexibility index (Phi) is 4.73. The Balaban J connectivity index is 2.60. The van der Waals surface area contributed by atoms with Gasteiger partial charge in [-0.2, -0.15) is 0 Å². The summed E-state index contributed by atoms with van der Waals surface area (Å²) in [4.78, 5) is 22.8. The van der Waals surface area contributed by atoms with Crippen molar-refractivity contribution in [3.63, 3.8) is 0 Å². The Hall–Kier alpha value is -1.10. The van der Waals surface area contributed by atoms with Crippen LogP contribution in [-0.2, 0) is 9.59 Å².